The lowest BCUT2D eigenvalue weighted by Crippen LogP contribution is -2.45. The molecule has 10 heteroatoms. The van der Waals surface area contributed by atoms with Crippen molar-refractivity contribution < 1.29 is 17.9 Å². The molecule has 0 saturated carbocycles. The summed E-state index contributed by atoms with van der Waals surface area (Å²) in [5, 5.41) is 6.63. The van der Waals surface area contributed by atoms with Crippen LogP contribution in [0.4, 0.5) is 0 Å². The van der Waals surface area contributed by atoms with Crippen molar-refractivity contribution in [2.75, 3.05) is 57.9 Å². The summed E-state index contributed by atoms with van der Waals surface area (Å²) in [6.07, 6.45) is 1.03. The molecule has 0 amide bonds. The van der Waals surface area contributed by atoms with Crippen LogP contribution >= 0.6 is 24.0 Å². The second-order valence-corrected chi connectivity index (χ2v) is 9.86. The van der Waals surface area contributed by atoms with Crippen LogP contribution in [0.2, 0.25) is 0 Å². The average Bonchev–Trinajstić information content (AvgIpc) is 3.20. The Morgan fingerprint density at radius 3 is 2.73 bits per heavy atom. The van der Waals surface area contributed by atoms with Crippen molar-refractivity contribution >= 4 is 39.8 Å². The van der Waals surface area contributed by atoms with Crippen molar-refractivity contribution in [3.63, 3.8) is 0 Å². The van der Waals surface area contributed by atoms with Crippen LogP contribution in [0.25, 0.3) is 0 Å². The minimum atomic E-state index is -2.83. The summed E-state index contributed by atoms with van der Waals surface area (Å²) < 4.78 is 34.6. The third-order valence-corrected chi connectivity index (χ3v) is 6.84. The van der Waals surface area contributed by atoms with E-state index in [2.05, 4.69) is 45.6 Å². The molecule has 170 valence electrons. The number of ether oxygens (including phenoxy) is 2. The quantitative estimate of drug-likeness (QED) is 0.298. The van der Waals surface area contributed by atoms with E-state index < -0.39 is 9.84 Å². The maximum absolute atomic E-state index is 11.5. The van der Waals surface area contributed by atoms with Crippen molar-refractivity contribution in [3.05, 3.63) is 29.3 Å². The fourth-order valence-electron chi connectivity index (χ4n) is 3.41. The number of aliphatic imine (C=N–C) groups is 1. The zero-order valence-corrected chi connectivity index (χ0v) is 20.9. The van der Waals surface area contributed by atoms with Crippen LogP contribution in [0.3, 0.4) is 0 Å². The van der Waals surface area contributed by atoms with Gasteiger partial charge in [-0.05, 0) is 18.6 Å². The standard InChI is InChI=1S/C20H32N4O4S.HI/c1-16-3-4-17(19(13-16)28-18-5-10-27-15-18)14-23-20(21-2)22-6-7-24-8-11-29(25,26)12-9-24;/h3-4,13,18H,5-12,14-15H2,1-2H3,(H2,21,22,23);1H. The number of nitrogens with one attached hydrogen (secondary N) is 2. The number of guanidine groups is 1. The zero-order chi connectivity index (χ0) is 20.7. The second kappa shape index (κ2) is 12.1. The van der Waals surface area contributed by atoms with Crippen molar-refractivity contribution in [1.82, 2.24) is 15.5 Å². The second-order valence-electron chi connectivity index (χ2n) is 7.56. The van der Waals surface area contributed by atoms with Gasteiger partial charge in [-0.3, -0.25) is 9.89 Å². The first-order chi connectivity index (χ1) is 13.9. The molecule has 30 heavy (non-hydrogen) atoms. The molecular formula is C20H33IN4O4S. The Morgan fingerprint density at radius 2 is 2.07 bits per heavy atom. The molecule has 2 aliphatic rings. The molecule has 0 radical (unpaired) electrons. The van der Waals surface area contributed by atoms with Crippen molar-refractivity contribution in [1.29, 1.82) is 0 Å². The van der Waals surface area contributed by atoms with Crippen LogP contribution in [0, 0.1) is 6.92 Å². The first-order valence-corrected chi connectivity index (χ1v) is 12.0. The van der Waals surface area contributed by atoms with Crippen molar-refractivity contribution in [2.24, 2.45) is 4.99 Å². The number of aryl methyl sites for hydroxylation is 1. The summed E-state index contributed by atoms with van der Waals surface area (Å²) in [6, 6.07) is 6.22. The summed E-state index contributed by atoms with van der Waals surface area (Å²) in [5.74, 6) is 2.10. The van der Waals surface area contributed by atoms with E-state index in [4.69, 9.17) is 9.47 Å². The molecule has 8 nitrogen and oxygen atoms in total. The largest absolute Gasteiger partial charge is 0.488 e. The summed E-state index contributed by atoms with van der Waals surface area (Å²) in [4.78, 5) is 6.44. The smallest absolute Gasteiger partial charge is 0.191 e. The molecule has 2 N–H and O–H groups in total. The van der Waals surface area contributed by atoms with Gasteiger partial charge in [-0.25, -0.2) is 8.42 Å². The predicted octanol–water partition coefficient (Wildman–Crippen LogP) is 1.18. The molecule has 2 heterocycles. The van der Waals surface area contributed by atoms with E-state index in [0.717, 1.165) is 36.4 Å². The molecule has 3 rings (SSSR count). The maximum atomic E-state index is 11.5. The molecule has 0 spiro atoms. The molecule has 0 aromatic heterocycles. The number of rotatable bonds is 7. The van der Waals surface area contributed by atoms with Gasteiger partial charge in [0.25, 0.3) is 0 Å². The van der Waals surface area contributed by atoms with Crippen LogP contribution in [-0.2, 0) is 21.1 Å². The average molecular weight is 552 g/mol. The Labute approximate surface area is 196 Å². The van der Waals surface area contributed by atoms with Gasteiger partial charge in [0.2, 0.25) is 0 Å². The Kier molecular flexibility index (Phi) is 10.1. The van der Waals surface area contributed by atoms with E-state index in [0.29, 0.717) is 38.7 Å². The van der Waals surface area contributed by atoms with Gasteiger partial charge in [-0.2, -0.15) is 0 Å². The SMILES string of the molecule is CN=C(NCCN1CCS(=O)(=O)CC1)NCc1ccc(C)cc1OC1CCOC1.I. The van der Waals surface area contributed by atoms with E-state index in [1.807, 2.05) is 0 Å². The minimum absolute atomic E-state index is 0. The highest BCUT2D eigenvalue weighted by Gasteiger charge is 2.21. The molecule has 0 aliphatic carbocycles. The number of halogens is 1. The normalized spacial score (nSPS) is 21.7. The van der Waals surface area contributed by atoms with E-state index in [1.54, 1.807) is 7.05 Å². The first kappa shape index (κ1) is 25.2. The van der Waals surface area contributed by atoms with Crippen molar-refractivity contribution in [2.45, 2.75) is 26.0 Å². The lowest BCUT2D eigenvalue weighted by Gasteiger charge is -2.26. The van der Waals surface area contributed by atoms with Gasteiger partial charge in [0.1, 0.15) is 11.9 Å². The first-order valence-electron chi connectivity index (χ1n) is 10.2. The number of hydrogen-bond acceptors (Lipinski definition) is 6. The van der Waals surface area contributed by atoms with E-state index in [9.17, 15) is 8.42 Å². The van der Waals surface area contributed by atoms with Crippen LogP contribution < -0.4 is 15.4 Å². The number of hydrogen-bond donors (Lipinski definition) is 2. The third-order valence-electron chi connectivity index (χ3n) is 5.23. The Hall–Kier alpha value is -1.11. The predicted molar refractivity (Wildman–Crippen MR) is 130 cm³/mol. The van der Waals surface area contributed by atoms with E-state index >= 15 is 0 Å². The number of sulfone groups is 1. The minimum Gasteiger partial charge on any atom is -0.488 e. The van der Waals surface area contributed by atoms with Gasteiger partial charge in [-0.1, -0.05) is 12.1 Å². The van der Waals surface area contributed by atoms with Gasteiger partial charge >= 0.3 is 0 Å². The van der Waals surface area contributed by atoms with E-state index in [1.165, 1.54) is 0 Å². The highest BCUT2D eigenvalue weighted by atomic mass is 127. The molecule has 2 saturated heterocycles. The van der Waals surface area contributed by atoms with Gasteiger partial charge in [0, 0.05) is 51.8 Å². The van der Waals surface area contributed by atoms with Gasteiger partial charge in [-0.15, -0.1) is 24.0 Å². The molecule has 1 aromatic carbocycles. The fourth-order valence-corrected chi connectivity index (χ4v) is 4.69. The molecule has 2 fully saturated rings. The monoisotopic (exact) mass is 552 g/mol. The zero-order valence-electron chi connectivity index (χ0n) is 17.7. The van der Waals surface area contributed by atoms with Gasteiger partial charge in [0.15, 0.2) is 15.8 Å². The molecule has 1 atom stereocenters. The Bertz CT molecular complexity index is 799. The van der Waals surface area contributed by atoms with Crippen LogP contribution in [0.1, 0.15) is 17.5 Å². The molecule has 1 unspecified atom stereocenters. The van der Waals surface area contributed by atoms with Crippen molar-refractivity contribution in [3.8, 4) is 5.75 Å². The summed E-state index contributed by atoms with van der Waals surface area (Å²) in [7, 11) is -1.09. The number of nitrogens with zero attached hydrogens (tertiary/aromatic N) is 2. The molecular weight excluding hydrogens is 519 g/mol. The van der Waals surface area contributed by atoms with Crippen LogP contribution in [0.15, 0.2) is 23.2 Å². The third kappa shape index (κ3) is 7.86. The highest BCUT2D eigenvalue weighted by molar-refractivity contribution is 14.0. The summed E-state index contributed by atoms with van der Waals surface area (Å²) >= 11 is 0. The molecule has 2 aliphatic heterocycles. The summed E-state index contributed by atoms with van der Waals surface area (Å²) in [6.45, 7) is 6.75. The topological polar surface area (TPSA) is 92.3 Å². The van der Waals surface area contributed by atoms with Crippen LogP contribution in [-0.4, -0.2) is 83.3 Å². The summed E-state index contributed by atoms with van der Waals surface area (Å²) in [5.41, 5.74) is 2.24. The van der Waals surface area contributed by atoms with E-state index in [-0.39, 0.29) is 41.6 Å². The maximum Gasteiger partial charge on any atom is 0.191 e. The van der Waals surface area contributed by atoms with Gasteiger partial charge < -0.3 is 20.1 Å². The van der Waals surface area contributed by atoms with Crippen LogP contribution in [0.5, 0.6) is 5.75 Å². The Morgan fingerprint density at radius 1 is 1.30 bits per heavy atom. The fraction of sp³-hybridized carbons (Fsp3) is 0.650. The lowest BCUT2D eigenvalue weighted by molar-refractivity contribution is 0.140. The Balaban J connectivity index is 0.00000320. The molecule has 0 bridgehead atoms. The highest BCUT2D eigenvalue weighted by Crippen LogP contribution is 2.23. The molecule has 1 aromatic rings. The number of benzene rings is 1. The van der Waals surface area contributed by atoms with Gasteiger partial charge in [0.05, 0.1) is 24.7 Å². The lowest BCUT2D eigenvalue weighted by atomic mass is 10.1.